The van der Waals surface area contributed by atoms with Gasteiger partial charge >= 0.3 is 0 Å². The zero-order valence-corrected chi connectivity index (χ0v) is 21.3. The largest absolute Gasteiger partial charge is 0.511 e. The van der Waals surface area contributed by atoms with Crippen LogP contribution in [0.4, 0.5) is 0 Å². The molecule has 0 saturated heterocycles. The molecule has 34 heavy (non-hydrogen) atoms. The quantitative estimate of drug-likeness (QED) is 0.278. The number of para-hydroxylation sites is 1. The minimum absolute atomic E-state index is 0. The molecule has 2 atom stereocenters. The van der Waals surface area contributed by atoms with Gasteiger partial charge in [-0.05, 0) is 30.2 Å². The fraction of sp³-hybridized carbons (Fsp3) is 0.214. The van der Waals surface area contributed by atoms with E-state index in [2.05, 4.69) is 56.1 Å². The SMILES string of the molecule is CC1(C)c2ccccc2[C@@H]2N=C(c3[c-]c(Oc4ccc5cccc(O)c5n4)ccc3)O[C@@]21C.[Pt]. The van der Waals surface area contributed by atoms with Gasteiger partial charge in [-0.3, -0.25) is 4.99 Å². The molecule has 0 fully saturated rings. The summed E-state index contributed by atoms with van der Waals surface area (Å²) in [5.41, 5.74) is 3.06. The molecule has 1 aromatic heterocycles. The zero-order valence-electron chi connectivity index (χ0n) is 19.0. The second-order valence-corrected chi connectivity index (χ2v) is 9.29. The van der Waals surface area contributed by atoms with Crippen LogP contribution in [-0.4, -0.2) is 21.6 Å². The average molecular weight is 631 g/mol. The number of hydrogen-bond donors (Lipinski definition) is 1. The summed E-state index contributed by atoms with van der Waals surface area (Å²) in [6.07, 6.45) is 0. The third kappa shape index (κ3) is 3.25. The molecule has 6 rings (SSSR count). The number of rotatable bonds is 3. The van der Waals surface area contributed by atoms with Crippen molar-refractivity contribution in [2.45, 2.75) is 37.8 Å². The number of hydrogen-bond acceptors (Lipinski definition) is 5. The predicted molar refractivity (Wildman–Crippen MR) is 127 cm³/mol. The fourth-order valence-corrected chi connectivity index (χ4v) is 4.97. The standard InChI is InChI=1S/C28H23N2O3.Pt/c1-27(2)21-12-5-4-11-20(21)25-28(27,3)33-26(30-25)18-9-6-10-19(16-18)32-23-15-14-17-8-7-13-22(31)24(17)29-23;/h4-15,25,31H,1-3H3;/q-1;/t25-,28-;/m0./s1. The topological polar surface area (TPSA) is 63.9 Å². The first-order valence-electron chi connectivity index (χ1n) is 11.0. The smallest absolute Gasteiger partial charge is 0.217 e. The van der Waals surface area contributed by atoms with Crippen LogP contribution in [0, 0.1) is 6.07 Å². The second-order valence-electron chi connectivity index (χ2n) is 9.29. The maximum atomic E-state index is 10.1. The Bertz CT molecular complexity index is 1450. The van der Waals surface area contributed by atoms with E-state index in [1.54, 1.807) is 18.2 Å². The van der Waals surface area contributed by atoms with Gasteiger partial charge in [-0.2, -0.15) is 0 Å². The Balaban J connectivity index is 0.00000241. The van der Waals surface area contributed by atoms with Crippen LogP contribution in [0.3, 0.4) is 0 Å². The van der Waals surface area contributed by atoms with Crippen molar-refractivity contribution in [2.75, 3.05) is 0 Å². The predicted octanol–water partition coefficient (Wildman–Crippen LogP) is 6.10. The normalized spacial score (nSPS) is 21.7. The summed E-state index contributed by atoms with van der Waals surface area (Å²) < 4.78 is 12.5. The van der Waals surface area contributed by atoms with Crippen molar-refractivity contribution in [3.8, 4) is 17.4 Å². The summed E-state index contributed by atoms with van der Waals surface area (Å²) in [6.45, 7) is 6.57. The van der Waals surface area contributed by atoms with E-state index < -0.39 is 5.60 Å². The van der Waals surface area contributed by atoms with E-state index >= 15 is 0 Å². The Hall–Kier alpha value is -3.17. The van der Waals surface area contributed by atoms with Gasteiger partial charge in [-0.1, -0.05) is 61.9 Å². The van der Waals surface area contributed by atoms with Gasteiger partial charge in [0.15, 0.2) is 0 Å². The number of aliphatic imine (C=N–C) groups is 1. The first-order valence-corrected chi connectivity index (χ1v) is 11.0. The molecular weight excluding hydrogens is 607 g/mol. The minimum Gasteiger partial charge on any atom is -0.511 e. The van der Waals surface area contributed by atoms with Gasteiger partial charge in [-0.15, -0.1) is 18.2 Å². The first kappa shape index (κ1) is 22.6. The molecule has 5 nitrogen and oxygen atoms in total. The third-order valence-electron chi connectivity index (χ3n) is 7.13. The van der Waals surface area contributed by atoms with Crippen LogP contribution >= 0.6 is 0 Å². The van der Waals surface area contributed by atoms with Gasteiger partial charge in [0.1, 0.15) is 28.8 Å². The van der Waals surface area contributed by atoms with Crippen molar-refractivity contribution in [3.63, 3.8) is 0 Å². The summed E-state index contributed by atoms with van der Waals surface area (Å²) in [7, 11) is 0. The number of phenols is 1. The van der Waals surface area contributed by atoms with E-state index in [0.717, 1.165) is 10.9 Å². The second kappa shape index (κ2) is 7.95. The van der Waals surface area contributed by atoms with Crippen molar-refractivity contribution < 1.29 is 35.6 Å². The van der Waals surface area contributed by atoms with Crippen molar-refractivity contribution in [2.24, 2.45) is 4.99 Å². The number of aromatic nitrogens is 1. The molecule has 0 bridgehead atoms. The summed E-state index contributed by atoms with van der Waals surface area (Å²) in [4.78, 5) is 9.43. The minimum atomic E-state index is -0.478. The van der Waals surface area contributed by atoms with Crippen LogP contribution in [0.1, 0.15) is 43.5 Å². The van der Waals surface area contributed by atoms with Crippen LogP contribution in [0.25, 0.3) is 10.9 Å². The van der Waals surface area contributed by atoms with Gasteiger partial charge in [-0.25, -0.2) is 4.98 Å². The Labute approximate surface area is 212 Å². The number of aromatic hydroxyl groups is 1. The molecule has 2 heterocycles. The average Bonchev–Trinajstić information content (AvgIpc) is 3.25. The van der Waals surface area contributed by atoms with Crippen molar-refractivity contribution in [3.05, 3.63) is 95.6 Å². The summed E-state index contributed by atoms with van der Waals surface area (Å²) >= 11 is 0. The maximum Gasteiger partial charge on any atom is 0.217 e. The van der Waals surface area contributed by atoms with E-state index in [4.69, 9.17) is 14.5 Å². The Morgan fingerprint density at radius 3 is 2.59 bits per heavy atom. The zero-order chi connectivity index (χ0) is 22.8. The summed E-state index contributed by atoms with van der Waals surface area (Å²) in [5.74, 6) is 1.57. The Kier molecular flexibility index (Phi) is 5.29. The molecule has 4 aromatic rings. The van der Waals surface area contributed by atoms with Gasteiger partial charge < -0.3 is 14.6 Å². The molecular formula is C28H23N2O3Pt-. The molecule has 0 spiro atoms. The number of ether oxygens (including phenoxy) is 2. The molecule has 0 amide bonds. The molecule has 1 aliphatic heterocycles. The molecule has 0 radical (unpaired) electrons. The van der Waals surface area contributed by atoms with Gasteiger partial charge in [0.05, 0.1) is 0 Å². The van der Waals surface area contributed by atoms with Crippen molar-refractivity contribution >= 4 is 16.8 Å². The van der Waals surface area contributed by atoms with Crippen molar-refractivity contribution in [1.29, 1.82) is 0 Å². The fourth-order valence-electron chi connectivity index (χ4n) is 4.97. The van der Waals surface area contributed by atoms with E-state index in [1.807, 2.05) is 30.3 Å². The molecule has 174 valence electrons. The number of fused-ring (bicyclic) bond motifs is 4. The number of nitrogens with zero attached hydrogens (tertiary/aromatic N) is 2. The van der Waals surface area contributed by atoms with E-state index in [-0.39, 0.29) is 38.3 Å². The van der Waals surface area contributed by atoms with Crippen LogP contribution in [-0.2, 0) is 31.2 Å². The van der Waals surface area contributed by atoms with Gasteiger partial charge in [0.2, 0.25) is 5.88 Å². The molecule has 2 aliphatic rings. The van der Waals surface area contributed by atoms with Gasteiger partial charge in [0, 0.05) is 43.7 Å². The first-order chi connectivity index (χ1) is 15.9. The molecule has 1 N–H and O–H groups in total. The van der Waals surface area contributed by atoms with Gasteiger partial charge in [0.25, 0.3) is 0 Å². The third-order valence-corrected chi connectivity index (χ3v) is 7.13. The molecule has 0 saturated carbocycles. The van der Waals surface area contributed by atoms with Crippen molar-refractivity contribution in [1.82, 2.24) is 4.98 Å². The molecule has 6 heteroatoms. The van der Waals surface area contributed by atoms with E-state index in [9.17, 15) is 5.11 Å². The number of pyridine rings is 1. The monoisotopic (exact) mass is 630 g/mol. The molecule has 3 aromatic carbocycles. The van der Waals surface area contributed by atoms with Crippen LogP contribution < -0.4 is 4.74 Å². The van der Waals surface area contributed by atoms with E-state index in [1.165, 1.54) is 11.1 Å². The number of phenolic OH excluding ortho intramolecular Hbond substituents is 1. The maximum absolute atomic E-state index is 10.1. The summed E-state index contributed by atoms with van der Waals surface area (Å²) in [6, 6.07) is 26.2. The van der Waals surface area contributed by atoms with Crippen LogP contribution in [0.2, 0.25) is 0 Å². The summed E-state index contributed by atoms with van der Waals surface area (Å²) in [5, 5.41) is 11.0. The Morgan fingerprint density at radius 1 is 0.941 bits per heavy atom. The van der Waals surface area contributed by atoms with Crippen LogP contribution in [0.15, 0.2) is 77.8 Å². The molecule has 0 unspecified atom stereocenters. The molecule has 1 aliphatic carbocycles. The Morgan fingerprint density at radius 2 is 1.74 bits per heavy atom. The van der Waals surface area contributed by atoms with E-state index in [0.29, 0.717) is 23.0 Å². The number of benzene rings is 3. The van der Waals surface area contributed by atoms with Crippen LogP contribution in [0.5, 0.6) is 17.4 Å².